The van der Waals surface area contributed by atoms with Crippen LogP contribution in [0.25, 0.3) is 22.2 Å². The summed E-state index contributed by atoms with van der Waals surface area (Å²) < 4.78 is 13.5. The van der Waals surface area contributed by atoms with Gasteiger partial charge in [-0.25, -0.2) is 14.4 Å². The third-order valence-corrected chi connectivity index (χ3v) is 2.95. The van der Waals surface area contributed by atoms with Crippen LogP contribution in [-0.4, -0.2) is 15.0 Å². The number of aryl methyl sites for hydroxylation is 1. The quantitative estimate of drug-likeness (QED) is 0.725. The monoisotopic (exact) mass is 254 g/mol. The minimum absolute atomic E-state index is 0.143. The molecule has 19 heavy (non-hydrogen) atoms. The molecule has 4 nitrogen and oxygen atoms in total. The molecule has 5 heteroatoms. The van der Waals surface area contributed by atoms with Gasteiger partial charge in [-0.3, -0.25) is 4.98 Å². The van der Waals surface area contributed by atoms with Crippen molar-refractivity contribution in [2.45, 2.75) is 6.92 Å². The molecule has 3 rings (SSSR count). The lowest BCUT2D eigenvalue weighted by molar-refractivity contribution is 0.608. The van der Waals surface area contributed by atoms with E-state index in [2.05, 4.69) is 15.0 Å². The molecular formula is C14H11FN4. The van der Waals surface area contributed by atoms with Crippen LogP contribution in [0.15, 0.2) is 36.7 Å². The first-order chi connectivity index (χ1) is 9.16. The number of anilines is 1. The van der Waals surface area contributed by atoms with Gasteiger partial charge in [-0.2, -0.15) is 0 Å². The molecule has 0 unspecified atom stereocenters. The first kappa shape index (κ1) is 11.5. The van der Waals surface area contributed by atoms with Gasteiger partial charge in [-0.1, -0.05) is 24.3 Å². The van der Waals surface area contributed by atoms with Crippen LogP contribution in [0.1, 0.15) is 5.69 Å². The van der Waals surface area contributed by atoms with E-state index in [9.17, 15) is 4.39 Å². The molecule has 0 aliphatic heterocycles. The molecule has 0 saturated carbocycles. The number of nitrogens with two attached hydrogens (primary N) is 1. The topological polar surface area (TPSA) is 64.7 Å². The summed E-state index contributed by atoms with van der Waals surface area (Å²) in [6.07, 6.45) is 3.42. The molecule has 0 aliphatic rings. The summed E-state index contributed by atoms with van der Waals surface area (Å²) in [4.78, 5) is 12.3. The highest BCUT2D eigenvalue weighted by Gasteiger charge is 2.12. The molecule has 0 spiro atoms. The van der Waals surface area contributed by atoms with Crippen molar-refractivity contribution in [3.05, 3.63) is 48.2 Å². The van der Waals surface area contributed by atoms with Gasteiger partial charge in [0.05, 0.1) is 5.69 Å². The van der Waals surface area contributed by atoms with E-state index < -0.39 is 5.82 Å². The second-order valence-corrected chi connectivity index (χ2v) is 4.24. The van der Waals surface area contributed by atoms with Crippen LogP contribution in [0.4, 0.5) is 10.2 Å². The molecule has 0 aliphatic carbocycles. The van der Waals surface area contributed by atoms with E-state index in [4.69, 9.17) is 5.73 Å². The fraction of sp³-hybridized carbons (Fsp3) is 0.0714. The Labute approximate surface area is 109 Å². The zero-order chi connectivity index (χ0) is 13.4. The normalized spacial score (nSPS) is 10.8. The number of rotatable bonds is 1. The lowest BCUT2D eigenvalue weighted by Crippen LogP contribution is -2.03. The Kier molecular flexibility index (Phi) is 2.59. The highest BCUT2D eigenvalue weighted by atomic mass is 19.1. The summed E-state index contributed by atoms with van der Waals surface area (Å²) in [6, 6.07) is 7.75. The molecule has 0 amide bonds. The van der Waals surface area contributed by atoms with Crippen molar-refractivity contribution in [3.8, 4) is 11.4 Å². The maximum Gasteiger partial charge on any atom is 0.186 e. The first-order valence-corrected chi connectivity index (χ1v) is 5.79. The van der Waals surface area contributed by atoms with Gasteiger partial charge in [0.2, 0.25) is 0 Å². The number of aromatic nitrogens is 3. The van der Waals surface area contributed by atoms with E-state index in [1.165, 1.54) is 0 Å². The molecule has 1 aromatic carbocycles. The summed E-state index contributed by atoms with van der Waals surface area (Å²) in [6.45, 7) is 1.56. The Morgan fingerprint density at radius 1 is 1.11 bits per heavy atom. The fourth-order valence-electron chi connectivity index (χ4n) is 2.00. The number of pyridine rings is 1. The zero-order valence-electron chi connectivity index (χ0n) is 10.3. The second-order valence-electron chi connectivity index (χ2n) is 4.24. The molecular weight excluding hydrogens is 243 g/mol. The van der Waals surface area contributed by atoms with Gasteiger partial charge in [0.1, 0.15) is 0 Å². The van der Waals surface area contributed by atoms with Gasteiger partial charge in [0.15, 0.2) is 17.5 Å². The maximum absolute atomic E-state index is 13.5. The third-order valence-electron chi connectivity index (χ3n) is 2.95. The lowest BCUT2D eigenvalue weighted by atomic mass is 10.1. The van der Waals surface area contributed by atoms with E-state index in [1.54, 1.807) is 19.3 Å². The highest BCUT2D eigenvalue weighted by Crippen LogP contribution is 2.26. The second kappa shape index (κ2) is 4.28. The zero-order valence-corrected chi connectivity index (χ0v) is 10.3. The predicted molar refractivity (Wildman–Crippen MR) is 71.9 cm³/mol. The van der Waals surface area contributed by atoms with Crippen LogP contribution >= 0.6 is 0 Å². The molecule has 2 heterocycles. The van der Waals surface area contributed by atoms with Crippen LogP contribution in [0.3, 0.4) is 0 Å². The van der Waals surface area contributed by atoms with Crippen molar-refractivity contribution in [1.82, 2.24) is 15.0 Å². The summed E-state index contributed by atoms with van der Waals surface area (Å²) in [5.74, 6) is -0.326. The van der Waals surface area contributed by atoms with E-state index >= 15 is 0 Å². The smallest absolute Gasteiger partial charge is 0.186 e. The number of fused-ring (bicyclic) bond motifs is 1. The van der Waals surface area contributed by atoms with Crippen molar-refractivity contribution in [2.75, 3.05) is 5.73 Å². The van der Waals surface area contributed by atoms with Crippen molar-refractivity contribution in [3.63, 3.8) is 0 Å². The van der Waals surface area contributed by atoms with Crippen molar-refractivity contribution in [2.24, 2.45) is 0 Å². The van der Waals surface area contributed by atoms with Crippen LogP contribution in [0.2, 0.25) is 0 Å². The predicted octanol–water partition coefficient (Wildman–Crippen LogP) is 2.72. The van der Waals surface area contributed by atoms with Gasteiger partial charge in [0, 0.05) is 23.3 Å². The molecule has 94 valence electrons. The number of nitrogen functional groups attached to an aromatic ring is 1. The van der Waals surface area contributed by atoms with E-state index in [0.29, 0.717) is 5.82 Å². The van der Waals surface area contributed by atoms with Gasteiger partial charge < -0.3 is 5.73 Å². The Bertz CT molecular complexity index is 742. The lowest BCUT2D eigenvalue weighted by Gasteiger charge is -2.07. The van der Waals surface area contributed by atoms with E-state index in [1.807, 2.05) is 24.3 Å². The average molecular weight is 254 g/mol. The summed E-state index contributed by atoms with van der Waals surface area (Å²) >= 11 is 0. The molecule has 0 radical (unpaired) electrons. The van der Waals surface area contributed by atoms with E-state index in [0.717, 1.165) is 16.3 Å². The molecule has 2 N–H and O–H groups in total. The minimum Gasteiger partial charge on any atom is -0.381 e. The molecule has 0 bridgehead atoms. The van der Waals surface area contributed by atoms with Gasteiger partial charge in [0.25, 0.3) is 0 Å². The SMILES string of the molecule is Cc1nc(-c2cncc3ccccc23)nc(N)c1F. The van der Waals surface area contributed by atoms with Crippen LogP contribution < -0.4 is 5.73 Å². The Morgan fingerprint density at radius 3 is 2.68 bits per heavy atom. The third kappa shape index (κ3) is 1.89. The van der Waals surface area contributed by atoms with Crippen LogP contribution in [-0.2, 0) is 0 Å². The molecule has 0 fully saturated rings. The highest BCUT2D eigenvalue weighted by molar-refractivity contribution is 5.94. The van der Waals surface area contributed by atoms with Crippen molar-refractivity contribution in [1.29, 1.82) is 0 Å². The van der Waals surface area contributed by atoms with Gasteiger partial charge >= 0.3 is 0 Å². The standard InChI is InChI=1S/C14H11FN4/c1-8-12(15)13(16)19-14(18-8)11-7-17-6-9-4-2-3-5-10(9)11/h2-7H,1H3,(H2,16,18,19). The molecule has 3 aromatic rings. The Hall–Kier alpha value is -2.56. The van der Waals surface area contributed by atoms with Gasteiger partial charge in [-0.05, 0) is 12.3 Å². The largest absolute Gasteiger partial charge is 0.381 e. The maximum atomic E-state index is 13.5. The van der Waals surface area contributed by atoms with Crippen molar-refractivity contribution >= 4 is 16.6 Å². The summed E-state index contributed by atoms with van der Waals surface area (Å²) in [5.41, 5.74) is 6.53. The summed E-state index contributed by atoms with van der Waals surface area (Å²) in [5, 5.41) is 1.94. The Balaban J connectivity index is 2.31. The average Bonchev–Trinajstić information content (AvgIpc) is 2.43. The number of benzene rings is 1. The molecule has 0 atom stereocenters. The minimum atomic E-state index is -0.572. The number of hydrogen-bond acceptors (Lipinski definition) is 4. The number of halogens is 1. The van der Waals surface area contributed by atoms with Crippen LogP contribution in [0.5, 0.6) is 0 Å². The van der Waals surface area contributed by atoms with Crippen LogP contribution in [0, 0.1) is 12.7 Å². The number of hydrogen-bond donors (Lipinski definition) is 1. The number of nitrogens with zero attached hydrogens (tertiary/aromatic N) is 3. The fourth-order valence-corrected chi connectivity index (χ4v) is 2.00. The molecule has 2 aromatic heterocycles. The van der Waals surface area contributed by atoms with E-state index in [-0.39, 0.29) is 11.5 Å². The van der Waals surface area contributed by atoms with Gasteiger partial charge in [-0.15, -0.1) is 0 Å². The Morgan fingerprint density at radius 2 is 1.89 bits per heavy atom. The van der Waals surface area contributed by atoms with Crippen molar-refractivity contribution < 1.29 is 4.39 Å². The summed E-state index contributed by atoms with van der Waals surface area (Å²) in [7, 11) is 0. The molecule has 0 saturated heterocycles. The first-order valence-electron chi connectivity index (χ1n) is 5.79.